The summed E-state index contributed by atoms with van der Waals surface area (Å²) in [7, 11) is 1.53. The second-order valence-corrected chi connectivity index (χ2v) is 4.93. The molecule has 0 fully saturated rings. The quantitative estimate of drug-likeness (QED) is 0.382. The molecule has 1 aromatic rings. The first kappa shape index (κ1) is 14.5. The number of anilines is 1. The van der Waals surface area contributed by atoms with Crippen LogP contribution >= 0.6 is 0 Å². The highest BCUT2D eigenvalue weighted by atomic mass is 19.3. The maximum Gasteiger partial charge on any atom is 0.255 e. The second-order valence-electron chi connectivity index (χ2n) is 4.93. The van der Waals surface area contributed by atoms with Crippen molar-refractivity contribution >= 4 is 11.7 Å². The van der Waals surface area contributed by atoms with Gasteiger partial charge in [-0.3, -0.25) is 0 Å². The lowest BCUT2D eigenvalue weighted by Gasteiger charge is -2.24. The van der Waals surface area contributed by atoms with Crippen LogP contribution in [0.2, 0.25) is 0 Å². The minimum atomic E-state index is -2.47. The summed E-state index contributed by atoms with van der Waals surface area (Å²) < 4.78 is 25.1. The average Bonchev–Trinajstić information content (AvgIpc) is 2.44. The highest BCUT2D eigenvalue weighted by molar-refractivity contribution is 6.01. The van der Waals surface area contributed by atoms with Crippen molar-refractivity contribution in [3.63, 3.8) is 0 Å². The summed E-state index contributed by atoms with van der Waals surface area (Å²) in [6, 6.07) is 1.80. The van der Waals surface area contributed by atoms with Crippen LogP contribution in [0.25, 0.3) is 0 Å². The van der Waals surface area contributed by atoms with Crippen LogP contribution in [0.15, 0.2) is 11.2 Å². The van der Waals surface area contributed by atoms with Gasteiger partial charge in [0.2, 0.25) is 0 Å². The van der Waals surface area contributed by atoms with E-state index >= 15 is 0 Å². The maximum absolute atomic E-state index is 12.5. The van der Waals surface area contributed by atoms with Crippen molar-refractivity contribution in [1.82, 2.24) is 4.98 Å². The standard InChI is InChI=1S/C13H18F2N4O/c1-19(7-11(14)15)13-9(12(16)18-20)6-8-4-2-3-5-10(8)17-13/h6,11,20H,2-5,7H2,1H3,(H2,16,18). The molecule has 1 aromatic heterocycles. The number of alkyl halides is 2. The Morgan fingerprint density at radius 1 is 1.50 bits per heavy atom. The fraction of sp³-hybridized carbons (Fsp3) is 0.538. The van der Waals surface area contributed by atoms with E-state index < -0.39 is 13.0 Å². The van der Waals surface area contributed by atoms with Gasteiger partial charge in [-0.05, 0) is 37.3 Å². The number of aryl methyl sites for hydroxylation is 2. The SMILES string of the molecule is CN(CC(F)F)c1nc2c(cc1C(N)=NO)CCCC2. The fourth-order valence-electron chi connectivity index (χ4n) is 2.45. The Hall–Kier alpha value is -1.92. The molecule has 0 amide bonds. The molecule has 0 unspecified atom stereocenters. The smallest absolute Gasteiger partial charge is 0.255 e. The zero-order valence-electron chi connectivity index (χ0n) is 11.3. The Morgan fingerprint density at radius 3 is 2.85 bits per heavy atom. The Bertz CT molecular complexity index is 519. The van der Waals surface area contributed by atoms with Gasteiger partial charge in [-0.25, -0.2) is 13.8 Å². The molecule has 5 nitrogen and oxygen atoms in total. The van der Waals surface area contributed by atoms with Crippen LogP contribution in [0, 0.1) is 0 Å². The van der Waals surface area contributed by atoms with E-state index in [1.54, 1.807) is 6.07 Å². The third kappa shape index (κ3) is 2.97. The molecule has 110 valence electrons. The highest BCUT2D eigenvalue weighted by Crippen LogP contribution is 2.26. The van der Waals surface area contributed by atoms with Crippen LogP contribution in [0.1, 0.15) is 29.7 Å². The zero-order chi connectivity index (χ0) is 14.7. The number of hydrogen-bond donors (Lipinski definition) is 2. The minimum Gasteiger partial charge on any atom is -0.409 e. The summed E-state index contributed by atoms with van der Waals surface area (Å²) >= 11 is 0. The predicted octanol–water partition coefficient (Wildman–Crippen LogP) is 1.76. The Balaban J connectivity index is 2.46. The zero-order valence-corrected chi connectivity index (χ0v) is 11.3. The van der Waals surface area contributed by atoms with Gasteiger partial charge in [-0.1, -0.05) is 5.16 Å². The first-order chi connectivity index (χ1) is 9.52. The fourth-order valence-corrected chi connectivity index (χ4v) is 2.45. The number of halogens is 2. The van der Waals surface area contributed by atoms with Crippen molar-refractivity contribution in [2.24, 2.45) is 10.9 Å². The third-order valence-electron chi connectivity index (χ3n) is 3.44. The van der Waals surface area contributed by atoms with E-state index in [0.29, 0.717) is 11.4 Å². The van der Waals surface area contributed by atoms with Gasteiger partial charge in [-0.2, -0.15) is 0 Å². The number of aromatic nitrogens is 1. The monoisotopic (exact) mass is 284 g/mol. The van der Waals surface area contributed by atoms with Gasteiger partial charge >= 0.3 is 0 Å². The normalized spacial score (nSPS) is 15.3. The molecule has 2 rings (SSSR count). The molecule has 1 heterocycles. The lowest BCUT2D eigenvalue weighted by Crippen LogP contribution is -2.29. The maximum atomic E-state index is 12.5. The predicted molar refractivity (Wildman–Crippen MR) is 72.7 cm³/mol. The molecule has 1 aliphatic rings. The number of amidine groups is 1. The van der Waals surface area contributed by atoms with Gasteiger partial charge in [0.25, 0.3) is 6.43 Å². The summed E-state index contributed by atoms with van der Waals surface area (Å²) in [4.78, 5) is 5.80. The minimum absolute atomic E-state index is 0.109. The van der Waals surface area contributed by atoms with Crippen LogP contribution in [0.4, 0.5) is 14.6 Å². The summed E-state index contributed by atoms with van der Waals surface area (Å²) in [5, 5.41) is 11.8. The number of oxime groups is 1. The van der Waals surface area contributed by atoms with Crippen LogP contribution < -0.4 is 10.6 Å². The molecule has 0 aromatic carbocycles. The Kier molecular flexibility index (Phi) is 4.36. The lowest BCUT2D eigenvalue weighted by atomic mass is 9.94. The van der Waals surface area contributed by atoms with Gasteiger partial charge in [-0.15, -0.1) is 0 Å². The van der Waals surface area contributed by atoms with Crippen molar-refractivity contribution in [1.29, 1.82) is 0 Å². The van der Waals surface area contributed by atoms with E-state index in [1.807, 2.05) is 0 Å². The molecule has 7 heteroatoms. The second kappa shape index (κ2) is 6.02. The van der Waals surface area contributed by atoms with E-state index in [-0.39, 0.29) is 5.84 Å². The first-order valence-corrected chi connectivity index (χ1v) is 6.53. The summed E-state index contributed by atoms with van der Waals surface area (Å²) in [5.74, 6) is 0.225. The van der Waals surface area contributed by atoms with E-state index in [4.69, 9.17) is 10.9 Å². The molecule has 0 saturated carbocycles. The molecule has 1 aliphatic carbocycles. The number of nitrogens with two attached hydrogens (primary N) is 1. The molecular formula is C13H18F2N4O. The molecule has 0 aliphatic heterocycles. The van der Waals surface area contributed by atoms with Gasteiger partial charge in [0.15, 0.2) is 5.84 Å². The van der Waals surface area contributed by atoms with Crippen LogP contribution in [-0.4, -0.2) is 36.0 Å². The molecule has 0 atom stereocenters. The average molecular weight is 284 g/mol. The van der Waals surface area contributed by atoms with Gasteiger partial charge in [0, 0.05) is 12.7 Å². The van der Waals surface area contributed by atoms with Gasteiger partial charge in [0.05, 0.1) is 12.1 Å². The van der Waals surface area contributed by atoms with Crippen molar-refractivity contribution in [2.45, 2.75) is 32.1 Å². The number of pyridine rings is 1. The molecule has 20 heavy (non-hydrogen) atoms. The van der Waals surface area contributed by atoms with Crippen molar-refractivity contribution in [3.05, 3.63) is 22.9 Å². The van der Waals surface area contributed by atoms with Gasteiger partial charge < -0.3 is 15.8 Å². The van der Waals surface area contributed by atoms with Crippen molar-refractivity contribution in [2.75, 3.05) is 18.5 Å². The number of nitrogens with zero attached hydrogens (tertiary/aromatic N) is 3. The number of fused-ring (bicyclic) bond motifs is 1. The molecule has 0 radical (unpaired) electrons. The van der Waals surface area contributed by atoms with E-state index in [1.165, 1.54) is 11.9 Å². The topological polar surface area (TPSA) is 74.7 Å². The highest BCUT2D eigenvalue weighted by Gasteiger charge is 2.21. The molecule has 3 N–H and O–H groups in total. The lowest BCUT2D eigenvalue weighted by molar-refractivity contribution is 0.156. The van der Waals surface area contributed by atoms with E-state index in [0.717, 1.165) is 36.9 Å². The van der Waals surface area contributed by atoms with Crippen LogP contribution in [-0.2, 0) is 12.8 Å². The number of hydrogen-bond acceptors (Lipinski definition) is 4. The summed E-state index contributed by atoms with van der Waals surface area (Å²) in [6.45, 7) is -0.447. The van der Waals surface area contributed by atoms with Crippen LogP contribution in [0.5, 0.6) is 0 Å². The Labute approximate surface area is 116 Å². The largest absolute Gasteiger partial charge is 0.409 e. The summed E-state index contributed by atoms with van der Waals surface area (Å²) in [5.41, 5.74) is 8.01. The van der Waals surface area contributed by atoms with Crippen molar-refractivity contribution in [3.8, 4) is 0 Å². The molecule has 0 saturated heterocycles. The van der Waals surface area contributed by atoms with Crippen molar-refractivity contribution < 1.29 is 14.0 Å². The summed E-state index contributed by atoms with van der Waals surface area (Å²) in [6.07, 6.45) is 1.35. The van der Waals surface area contributed by atoms with E-state index in [2.05, 4.69) is 10.1 Å². The Morgan fingerprint density at radius 2 is 2.20 bits per heavy atom. The number of rotatable bonds is 4. The van der Waals surface area contributed by atoms with E-state index in [9.17, 15) is 8.78 Å². The van der Waals surface area contributed by atoms with Gasteiger partial charge in [0.1, 0.15) is 5.82 Å². The first-order valence-electron chi connectivity index (χ1n) is 6.53. The third-order valence-corrected chi connectivity index (χ3v) is 3.44. The molecular weight excluding hydrogens is 266 g/mol. The molecule has 0 spiro atoms. The van der Waals surface area contributed by atoms with Crippen LogP contribution in [0.3, 0.4) is 0 Å². The molecule has 0 bridgehead atoms.